The number of hydrogen-bond acceptors (Lipinski definition) is 4. The molecular weight excluding hydrogens is 252 g/mol. The first-order chi connectivity index (χ1) is 8.63. The molecule has 0 bridgehead atoms. The van der Waals surface area contributed by atoms with Crippen LogP contribution < -0.4 is 0 Å². The van der Waals surface area contributed by atoms with Gasteiger partial charge in [0.05, 0.1) is 11.3 Å². The van der Waals surface area contributed by atoms with Crippen LogP contribution in [0.25, 0.3) is 0 Å². The fourth-order valence-electron chi connectivity index (χ4n) is 1.34. The van der Waals surface area contributed by atoms with E-state index in [0.29, 0.717) is 12.0 Å². The molecule has 0 saturated heterocycles. The van der Waals surface area contributed by atoms with E-state index in [9.17, 15) is 9.59 Å². The lowest BCUT2D eigenvalue weighted by Crippen LogP contribution is -2.17. The molecule has 1 aromatic rings. The van der Waals surface area contributed by atoms with Crippen molar-refractivity contribution < 1.29 is 19.4 Å². The van der Waals surface area contributed by atoms with Crippen LogP contribution in [0.2, 0.25) is 0 Å². The van der Waals surface area contributed by atoms with Crippen molar-refractivity contribution in [3.05, 3.63) is 35.9 Å². The van der Waals surface area contributed by atoms with Gasteiger partial charge in [-0.05, 0) is 18.6 Å². The number of aliphatic carboxylic acids is 1. The second kappa shape index (κ2) is 7.76. The Balaban J connectivity index is 2.54. The second-order valence-corrected chi connectivity index (χ2v) is 4.84. The minimum atomic E-state index is -0.906. The third kappa shape index (κ3) is 5.23. The van der Waals surface area contributed by atoms with Crippen molar-refractivity contribution in [3.8, 4) is 0 Å². The van der Waals surface area contributed by atoms with Crippen molar-refractivity contribution in [3.63, 3.8) is 0 Å². The summed E-state index contributed by atoms with van der Waals surface area (Å²) in [6.45, 7) is 1.96. The van der Waals surface area contributed by atoms with Crippen molar-refractivity contribution in [2.24, 2.45) is 0 Å². The number of esters is 1. The normalized spacial score (nSPS) is 11.8. The SMILES string of the molecule is CCCC(OC(=O)c1ccccc1)SCC(=O)O. The van der Waals surface area contributed by atoms with Gasteiger partial charge in [-0.2, -0.15) is 0 Å². The molecule has 0 spiro atoms. The molecule has 0 amide bonds. The maximum absolute atomic E-state index is 11.8. The molecule has 98 valence electrons. The quantitative estimate of drug-likeness (QED) is 0.608. The lowest BCUT2D eigenvalue weighted by Gasteiger charge is -2.15. The number of thioether (sulfide) groups is 1. The van der Waals surface area contributed by atoms with E-state index in [1.165, 1.54) is 0 Å². The zero-order chi connectivity index (χ0) is 13.4. The summed E-state index contributed by atoms with van der Waals surface area (Å²) in [4.78, 5) is 22.3. The second-order valence-electron chi connectivity index (χ2n) is 3.69. The van der Waals surface area contributed by atoms with Crippen molar-refractivity contribution >= 4 is 23.7 Å². The standard InChI is InChI=1S/C13H16O4S/c1-2-6-12(18-9-11(14)15)17-13(16)10-7-4-3-5-8-10/h3-5,7-8,12H,2,6,9H2,1H3,(H,14,15). The van der Waals surface area contributed by atoms with Crippen LogP contribution in [0.15, 0.2) is 30.3 Å². The summed E-state index contributed by atoms with van der Waals surface area (Å²) in [6, 6.07) is 8.69. The van der Waals surface area contributed by atoms with E-state index in [2.05, 4.69) is 0 Å². The molecule has 4 nitrogen and oxygen atoms in total. The first-order valence-electron chi connectivity index (χ1n) is 5.73. The van der Waals surface area contributed by atoms with Gasteiger partial charge in [-0.3, -0.25) is 4.79 Å². The number of ether oxygens (including phenoxy) is 1. The van der Waals surface area contributed by atoms with Crippen LogP contribution in [-0.4, -0.2) is 28.2 Å². The van der Waals surface area contributed by atoms with Gasteiger partial charge < -0.3 is 9.84 Å². The summed E-state index contributed by atoms with van der Waals surface area (Å²) >= 11 is 1.13. The molecule has 0 aromatic heterocycles. The number of hydrogen-bond donors (Lipinski definition) is 1. The highest BCUT2D eigenvalue weighted by molar-refractivity contribution is 8.00. The Bertz CT molecular complexity index is 391. The Morgan fingerprint density at radius 3 is 2.56 bits per heavy atom. The van der Waals surface area contributed by atoms with Crippen LogP contribution in [-0.2, 0) is 9.53 Å². The molecule has 0 radical (unpaired) electrons. The number of carboxylic acids is 1. The average molecular weight is 268 g/mol. The van der Waals surface area contributed by atoms with Crippen molar-refractivity contribution in [1.29, 1.82) is 0 Å². The highest BCUT2D eigenvalue weighted by Gasteiger charge is 2.16. The molecule has 5 heteroatoms. The molecule has 18 heavy (non-hydrogen) atoms. The predicted molar refractivity (Wildman–Crippen MR) is 70.6 cm³/mol. The Morgan fingerprint density at radius 1 is 1.33 bits per heavy atom. The highest BCUT2D eigenvalue weighted by atomic mass is 32.2. The van der Waals surface area contributed by atoms with E-state index in [-0.39, 0.29) is 5.75 Å². The van der Waals surface area contributed by atoms with Crippen LogP contribution in [0.5, 0.6) is 0 Å². The lowest BCUT2D eigenvalue weighted by atomic mass is 10.2. The fraction of sp³-hybridized carbons (Fsp3) is 0.385. The minimum Gasteiger partial charge on any atom is -0.481 e. The topological polar surface area (TPSA) is 63.6 Å². The molecule has 0 heterocycles. The van der Waals surface area contributed by atoms with Gasteiger partial charge in [-0.1, -0.05) is 31.5 Å². The smallest absolute Gasteiger partial charge is 0.339 e. The Labute approximate surface area is 110 Å². The summed E-state index contributed by atoms with van der Waals surface area (Å²) in [7, 11) is 0. The maximum atomic E-state index is 11.8. The van der Waals surface area contributed by atoms with Gasteiger partial charge in [0.1, 0.15) is 5.44 Å². The molecule has 0 aliphatic rings. The van der Waals surface area contributed by atoms with Crippen LogP contribution >= 0.6 is 11.8 Å². The number of benzene rings is 1. The van der Waals surface area contributed by atoms with Gasteiger partial charge in [0, 0.05) is 0 Å². The zero-order valence-electron chi connectivity index (χ0n) is 10.2. The summed E-state index contributed by atoms with van der Waals surface area (Å²) in [5.41, 5.74) is 0.0772. The number of carbonyl (C=O) groups is 2. The van der Waals surface area contributed by atoms with Crippen molar-refractivity contribution in [2.45, 2.75) is 25.2 Å². The molecule has 0 aliphatic carbocycles. The van der Waals surface area contributed by atoms with E-state index in [0.717, 1.165) is 18.2 Å². The summed E-state index contributed by atoms with van der Waals surface area (Å²) in [5, 5.41) is 8.62. The largest absolute Gasteiger partial charge is 0.481 e. The van der Waals surface area contributed by atoms with E-state index >= 15 is 0 Å². The first-order valence-corrected chi connectivity index (χ1v) is 6.77. The number of carbonyl (C=O) groups excluding carboxylic acids is 1. The molecule has 0 fully saturated rings. The minimum absolute atomic E-state index is 0.0628. The molecule has 1 unspecified atom stereocenters. The summed E-state index contributed by atoms with van der Waals surface area (Å²) in [6.07, 6.45) is 1.48. The lowest BCUT2D eigenvalue weighted by molar-refractivity contribution is -0.133. The molecular formula is C13H16O4S. The van der Waals surface area contributed by atoms with Crippen LogP contribution in [0.4, 0.5) is 0 Å². The van der Waals surface area contributed by atoms with Gasteiger partial charge in [0.2, 0.25) is 0 Å². The van der Waals surface area contributed by atoms with Gasteiger partial charge >= 0.3 is 11.9 Å². The van der Waals surface area contributed by atoms with E-state index in [4.69, 9.17) is 9.84 Å². The Hall–Kier alpha value is -1.49. The Kier molecular flexibility index (Phi) is 6.28. The van der Waals surface area contributed by atoms with E-state index in [1.807, 2.05) is 13.0 Å². The van der Waals surface area contributed by atoms with E-state index < -0.39 is 17.4 Å². The average Bonchev–Trinajstić information content (AvgIpc) is 2.37. The number of rotatable bonds is 7. The third-order valence-electron chi connectivity index (χ3n) is 2.17. The first kappa shape index (κ1) is 14.6. The molecule has 1 atom stereocenters. The number of carboxylic acid groups (broad SMARTS) is 1. The highest BCUT2D eigenvalue weighted by Crippen LogP contribution is 2.19. The molecule has 0 saturated carbocycles. The van der Waals surface area contributed by atoms with Gasteiger partial charge in [-0.15, -0.1) is 11.8 Å². The third-order valence-corrected chi connectivity index (χ3v) is 3.28. The van der Waals surface area contributed by atoms with Crippen molar-refractivity contribution in [1.82, 2.24) is 0 Å². The zero-order valence-corrected chi connectivity index (χ0v) is 11.0. The summed E-state index contributed by atoms with van der Waals surface area (Å²) in [5.74, 6) is -1.38. The van der Waals surface area contributed by atoms with Crippen molar-refractivity contribution in [2.75, 3.05) is 5.75 Å². The maximum Gasteiger partial charge on any atom is 0.339 e. The van der Waals surface area contributed by atoms with E-state index in [1.54, 1.807) is 24.3 Å². The molecule has 1 N–H and O–H groups in total. The monoisotopic (exact) mass is 268 g/mol. The molecule has 0 aliphatic heterocycles. The van der Waals surface area contributed by atoms with Gasteiger partial charge in [0.25, 0.3) is 0 Å². The predicted octanol–water partition coefficient (Wildman–Crippen LogP) is 2.79. The molecule has 1 rings (SSSR count). The Morgan fingerprint density at radius 2 is 2.00 bits per heavy atom. The van der Waals surface area contributed by atoms with Crippen LogP contribution in [0, 0.1) is 0 Å². The molecule has 1 aromatic carbocycles. The van der Waals surface area contributed by atoms with Crippen LogP contribution in [0.3, 0.4) is 0 Å². The fourth-order valence-corrected chi connectivity index (χ4v) is 2.22. The van der Waals surface area contributed by atoms with Gasteiger partial charge in [-0.25, -0.2) is 4.79 Å². The summed E-state index contributed by atoms with van der Waals surface area (Å²) < 4.78 is 5.29. The van der Waals surface area contributed by atoms with Crippen LogP contribution in [0.1, 0.15) is 30.1 Å². The van der Waals surface area contributed by atoms with Gasteiger partial charge in [0.15, 0.2) is 0 Å².